The number of nitrogens with two attached hydrogens (primary N) is 1. The van der Waals surface area contributed by atoms with Gasteiger partial charge in [0.05, 0.1) is 5.75 Å². The number of rotatable bonds is 5. The van der Waals surface area contributed by atoms with Gasteiger partial charge in [-0.15, -0.1) is 0 Å². The summed E-state index contributed by atoms with van der Waals surface area (Å²) in [5, 5.41) is 4.61. The van der Waals surface area contributed by atoms with Crippen LogP contribution in [-0.4, -0.2) is 20.1 Å². The van der Waals surface area contributed by atoms with E-state index in [9.17, 15) is 0 Å². The maximum absolute atomic E-state index is 5.69. The number of hydrogen-bond donors (Lipinski definition) is 1. The molecule has 0 bridgehead atoms. The van der Waals surface area contributed by atoms with Crippen molar-refractivity contribution in [3.05, 3.63) is 24.1 Å². The second-order valence-electron chi connectivity index (χ2n) is 4.24. The van der Waals surface area contributed by atoms with E-state index in [0.717, 1.165) is 12.2 Å². The zero-order valence-electron chi connectivity index (χ0n) is 10.3. The molecule has 0 unspecified atom stereocenters. The first-order chi connectivity index (χ1) is 8.65. The average Bonchev–Trinajstić information content (AvgIpc) is 2.75. The summed E-state index contributed by atoms with van der Waals surface area (Å²) in [6.07, 6.45) is 3.99. The molecule has 18 heavy (non-hydrogen) atoms. The Labute approximate surface area is 109 Å². The van der Waals surface area contributed by atoms with Gasteiger partial charge in [0.1, 0.15) is 5.03 Å². The van der Waals surface area contributed by atoms with Crippen molar-refractivity contribution in [3.8, 4) is 0 Å². The van der Waals surface area contributed by atoms with Crippen LogP contribution in [0.2, 0.25) is 0 Å². The summed E-state index contributed by atoms with van der Waals surface area (Å²) in [5.74, 6) is 2.81. The van der Waals surface area contributed by atoms with Crippen LogP contribution in [0, 0.1) is 5.92 Å². The minimum absolute atomic E-state index is 0.421. The predicted molar refractivity (Wildman–Crippen MR) is 68.8 cm³/mol. The lowest BCUT2D eigenvalue weighted by atomic mass is 10.1. The van der Waals surface area contributed by atoms with E-state index >= 15 is 0 Å². The first kappa shape index (κ1) is 12.8. The van der Waals surface area contributed by atoms with Gasteiger partial charge in [0, 0.05) is 18.8 Å². The van der Waals surface area contributed by atoms with Crippen molar-refractivity contribution in [2.75, 3.05) is 5.73 Å². The largest absolute Gasteiger partial charge is 0.381 e. The van der Waals surface area contributed by atoms with Crippen LogP contribution < -0.4 is 5.73 Å². The van der Waals surface area contributed by atoms with E-state index in [1.165, 1.54) is 11.8 Å². The molecule has 6 nitrogen and oxygen atoms in total. The number of nitrogens with zero attached hydrogens (tertiary/aromatic N) is 4. The summed E-state index contributed by atoms with van der Waals surface area (Å²) >= 11 is 1.44. The van der Waals surface area contributed by atoms with Crippen LogP contribution in [0.1, 0.15) is 25.6 Å². The fraction of sp³-hybridized carbons (Fsp3) is 0.455. The SMILES string of the molecule is CC(C)Cc1noc(CSc2nccnc2N)n1. The van der Waals surface area contributed by atoms with E-state index in [0.29, 0.717) is 28.4 Å². The number of nitrogen functional groups attached to an aromatic ring is 1. The molecule has 0 aromatic carbocycles. The Morgan fingerprint density at radius 2 is 2.11 bits per heavy atom. The van der Waals surface area contributed by atoms with Crippen LogP contribution in [0.15, 0.2) is 21.9 Å². The van der Waals surface area contributed by atoms with Gasteiger partial charge in [0.15, 0.2) is 11.6 Å². The Balaban J connectivity index is 1.94. The molecule has 0 aliphatic carbocycles. The standard InChI is InChI=1S/C11H15N5OS/c1-7(2)5-8-15-9(17-16-8)6-18-11-10(12)13-3-4-14-11/h3-4,7H,5-6H2,1-2H3,(H2,12,13). The van der Waals surface area contributed by atoms with E-state index in [1.807, 2.05) is 0 Å². The van der Waals surface area contributed by atoms with Crippen molar-refractivity contribution in [3.63, 3.8) is 0 Å². The molecular weight excluding hydrogens is 250 g/mol. The highest BCUT2D eigenvalue weighted by Crippen LogP contribution is 2.23. The third kappa shape index (κ3) is 3.43. The zero-order chi connectivity index (χ0) is 13.0. The molecule has 2 heterocycles. The number of hydrogen-bond acceptors (Lipinski definition) is 7. The van der Waals surface area contributed by atoms with Crippen molar-refractivity contribution in [2.24, 2.45) is 5.92 Å². The van der Waals surface area contributed by atoms with Crippen LogP contribution in [0.5, 0.6) is 0 Å². The number of anilines is 1. The molecule has 0 radical (unpaired) electrons. The van der Waals surface area contributed by atoms with Gasteiger partial charge in [-0.3, -0.25) is 0 Å². The highest BCUT2D eigenvalue weighted by molar-refractivity contribution is 7.98. The lowest BCUT2D eigenvalue weighted by molar-refractivity contribution is 0.382. The van der Waals surface area contributed by atoms with Crippen molar-refractivity contribution >= 4 is 17.6 Å². The summed E-state index contributed by atoms with van der Waals surface area (Å²) in [5.41, 5.74) is 5.69. The molecule has 0 amide bonds. The molecule has 0 saturated carbocycles. The first-order valence-electron chi connectivity index (χ1n) is 5.66. The normalized spacial score (nSPS) is 11.1. The van der Waals surface area contributed by atoms with Crippen molar-refractivity contribution in [1.82, 2.24) is 20.1 Å². The number of thioether (sulfide) groups is 1. The summed E-state index contributed by atoms with van der Waals surface area (Å²) < 4.78 is 5.16. The van der Waals surface area contributed by atoms with Crippen LogP contribution in [0.25, 0.3) is 0 Å². The maximum Gasteiger partial charge on any atom is 0.237 e. The fourth-order valence-corrected chi connectivity index (χ4v) is 2.09. The van der Waals surface area contributed by atoms with Gasteiger partial charge in [0.25, 0.3) is 0 Å². The Kier molecular flexibility index (Phi) is 4.14. The summed E-state index contributed by atoms with van der Waals surface area (Å²) in [6.45, 7) is 4.23. The van der Waals surface area contributed by atoms with E-state index in [2.05, 4.69) is 34.0 Å². The van der Waals surface area contributed by atoms with Gasteiger partial charge in [-0.2, -0.15) is 4.98 Å². The minimum atomic E-state index is 0.421. The average molecular weight is 265 g/mol. The second kappa shape index (κ2) is 5.81. The molecule has 0 aliphatic rings. The van der Waals surface area contributed by atoms with Gasteiger partial charge >= 0.3 is 0 Å². The molecule has 2 N–H and O–H groups in total. The predicted octanol–water partition coefficient (Wildman–Crippen LogP) is 1.93. The molecule has 7 heteroatoms. The molecule has 0 fully saturated rings. The smallest absolute Gasteiger partial charge is 0.237 e. The zero-order valence-corrected chi connectivity index (χ0v) is 11.1. The van der Waals surface area contributed by atoms with Gasteiger partial charge < -0.3 is 10.3 Å². The monoisotopic (exact) mass is 265 g/mol. The van der Waals surface area contributed by atoms with Crippen molar-refractivity contribution in [2.45, 2.75) is 31.0 Å². The van der Waals surface area contributed by atoms with Crippen LogP contribution >= 0.6 is 11.8 Å². The molecule has 0 saturated heterocycles. The van der Waals surface area contributed by atoms with Crippen LogP contribution in [-0.2, 0) is 12.2 Å². The lowest BCUT2D eigenvalue weighted by Gasteiger charge is -1.99. The van der Waals surface area contributed by atoms with Crippen LogP contribution in [0.3, 0.4) is 0 Å². The van der Waals surface area contributed by atoms with Gasteiger partial charge in [-0.1, -0.05) is 30.8 Å². The summed E-state index contributed by atoms with van der Waals surface area (Å²) in [4.78, 5) is 12.4. The Bertz CT molecular complexity index is 514. The quantitative estimate of drug-likeness (QED) is 0.826. The van der Waals surface area contributed by atoms with E-state index in [4.69, 9.17) is 10.3 Å². The molecule has 96 valence electrons. The molecular formula is C11H15N5OS. The molecule has 0 atom stereocenters. The summed E-state index contributed by atoms with van der Waals surface area (Å²) in [6, 6.07) is 0. The van der Waals surface area contributed by atoms with E-state index < -0.39 is 0 Å². The maximum atomic E-state index is 5.69. The third-order valence-electron chi connectivity index (χ3n) is 2.12. The highest BCUT2D eigenvalue weighted by atomic mass is 32.2. The topological polar surface area (TPSA) is 90.7 Å². The Morgan fingerprint density at radius 1 is 1.33 bits per heavy atom. The molecule has 0 spiro atoms. The highest BCUT2D eigenvalue weighted by Gasteiger charge is 2.10. The molecule has 0 aliphatic heterocycles. The van der Waals surface area contributed by atoms with Crippen molar-refractivity contribution < 1.29 is 4.52 Å². The fourth-order valence-electron chi connectivity index (χ4n) is 1.37. The van der Waals surface area contributed by atoms with Gasteiger partial charge in [-0.05, 0) is 5.92 Å². The minimum Gasteiger partial charge on any atom is -0.381 e. The molecule has 2 aromatic rings. The van der Waals surface area contributed by atoms with E-state index in [1.54, 1.807) is 12.4 Å². The van der Waals surface area contributed by atoms with E-state index in [-0.39, 0.29) is 0 Å². The van der Waals surface area contributed by atoms with Gasteiger partial charge in [-0.25, -0.2) is 9.97 Å². The lowest BCUT2D eigenvalue weighted by Crippen LogP contribution is -1.96. The molecule has 2 aromatic heterocycles. The van der Waals surface area contributed by atoms with Crippen LogP contribution in [0.4, 0.5) is 5.82 Å². The second-order valence-corrected chi connectivity index (χ2v) is 5.20. The Morgan fingerprint density at radius 3 is 2.83 bits per heavy atom. The third-order valence-corrected chi connectivity index (χ3v) is 3.10. The van der Waals surface area contributed by atoms with Crippen molar-refractivity contribution in [1.29, 1.82) is 0 Å². The summed E-state index contributed by atoms with van der Waals surface area (Å²) in [7, 11) is 0. The number of aromatic nitrogens is 4. The first-order valence-corrected chi connectivity index (χ1v) is 6.64. The Hall–Kier alpha value is -1.63. The van der Waals surface area contributed by atoms with Gasteiger partial charge in [0.2, 0.25) is 5.89 Å². The molecule has 2 rings (SSSR count).